The molecule has 26 heavy (non-hydrogen) atoms. The maximum Gasteiger partial charge on any atom is 0.241 e. The van der Waals surface area contributed by atoms with Crippen LogP contribution in [0, 0.1) is 11.8 Å². The van der Waals surface area contributed by atoms with E-state index in [1.165, 1.54) is 4.90 Å². The number of fused-ring (bicyclic) bond motifs is 5. The summed E-state index contributed by atoms with van der Waals surface area (Å²) in [4.78, 5) is 27.1. The third-order valence-corrected chi connectivity index (χ3v) is 5.63. The second-order valence-electron chi connectivity index (χ2n) is 6.98. The smallest absolute Gasteiger partial charge is 0.241 e. The van der Waals surface area contributed by atoms with Crippen molar-refractivity contribution in [3.8, 4) is 11.1 Å². The van der Waals surface area contributed by atoms with E-state index in [4.69, 9.17) is 4.74 Å². The summed E-state index contributed by atoms with van der Waals surface area (Å²) in [6.45, 7) is -0.305. The summed E-state index contributed by atoms with van der Waals surface area (Å²) in [5.41, 5.74) is 1.60. The number of nitrogens with zero attached hydrogens (tertiary/aromatic N) is 1. The minimum Gasteiger partial charge on any atom is -0.393 e. The lowest BCUT2D eigenvalue weighted by Crippen LogP contribution is -2.43. The molecule has 2 aromatic carbocycles. The van der Waals surface area contributed by atoms with Crippen LogP contribution in [0.4, 0.5) is 5.69 Å². The molecule has 3 heterocycles. The van der Waals surface area contributed by atoms with Crippen molar-refractivity contribution in [3.63, 3.8) is 0 Å². The minimum absolute atomic E-state index is 0.253. The van der Waals surface area contributed by atoms with E-state index in [9.17, 15) is 14.7 Å². The number of carbonyl (C=O) groups excluding carboxylic acids is 2. The first-order chi connectivity index (χ1) is 12.6. The van der Waals surface area contributed by atoms with Crippen molar-refractivity contribution in [2.75, 3.05) is 11.5 Å². The number of imide groups is 1. The molecule has 130 valence electrons. The number of hydrogen-bond acceptors (Lipinski definition) is 4. The monoisotopic (exact) mass is 347 g/mol. The second-order valence-corrected chi connectivity index (χ2v) is 6.98. The topological polar surface area (TPSA) is 66.8 Å². The Bertz CT molecular complexity index is 921. The normalized spacial score (nSPS) is 31.7. The molecule has 0 aromatic heterocycles. The molecule has 2 fully saturated rings. The highest BCUT2D eigenvalue weighted by Gasteiger charge is 2.67. The standard InChI is InChI=1S/C21H17NO4/c23-12-21-11-10-16(26-21)17-18(21)20(25)22(19(17)24)15-8-6-14(7-9-15)13-4-2-1-3-5-13/h1-11,16-18,23H,12H2/t16-,17-,18+,21+/m1/s1. The van der Waals surface area contributed by atoms with Gasteiger partial charge in [-0.3, -0.25) is 9.59 Å². The van der Waals surface area contributed by atoms with E-state index in [1.807, 2.05) is 42.5 Å². The van der Waals surface area contributed by atoms with E-state index in [-0.39, 0.29) is 18.4 Å². The van der Waals surface area contributed by atoms with Crippen molar-refractivity contribution in [1.29, 1.82) is 0 Å². The van der Waals surface area contributed by atoms with Crippen molar-refractivity contribution in [1.82, 2.24) is 0 Å². The molecule has 0 spiro atoms. The van der Waals surface area contributed by atoms with Crippen molar-refractivity contribution in [2.24, 2.45) is 11.8 Å². The van der Waals surface area contributed by atoms with Crippen molar-refractivity contribution in [2.45, 2.75) is 11.7 Å². The van der Waals surface area contributed by atoms with Crippen LogP contribution < -0.4 is 4.90 Å². The Labute approximate surface area is 150 Å². The van der Waals surface area contributed by atoms with Gasteiger partial charge in [0, 0.05) is 0 Å². The molecule has 2 amide bonds. The molecular formula is C21H17NO4. The number of aliphatic hydroxyl groups excluding tert-OH is 1. The van der Waals surface area contributed by atoms with Crippen LogP contribution in [0.3, 0.4) is 0 Å². The fraction of sp³-hybridized carbons (Fsp3) is 0.238. The Morgan fingerprint density at radius 1 is 0.962 bits per heavy atom. The van der Waals surface area contributed by atoms with Gasteiger partial charge < -0.3 is 9.84 Å². The summed E-state index contributed by atoms with van der Waals surface area (Å²) in [7, 11) is 0. The number of anilines is 1. The number of hydrogen-bond donors (Lipinski definition) is 1. The molecule has 0 unspecified atom stereocenters. The third-order valence-electron chi connectivity index (χ3n) is 5.63. The predicted molar refractivity (Wildman–Crippen MR) is 95.2 cm³/mol. The highest BCUT2D eigenvalue weighted by molar-refractivity contribution is 6.23. The van der Waals surface area contributed by atoms with Gasteiger partial charge in [0.15, 0.2) is 0 Å². The van der Waals surface area contributed by atoms with Gasteiger partial charge in [-0.2, -0.15) is 0 Å². The van der Waals surface area contributed by atoms with E-state index in [0.717, 1.165) is 11.1 Å². The molecule has 5 heteroatoms. The zero-order valence-electron chi connectivity index (χ0n) is 13.9. The van der Waals surface area contributed by atoms with Crippen LogP contribution in [0.15, 0.2) is 66.7 Å². The van der Waals surface area contributed by atoms with Gasteiger partial charge >= 0.3 is 0 Å². The van der Waals surface area contributed by atoms with Crippen LogP contribution in [0.2, 0.25) is 0 Å². The van der Waals surface area contributed by atoms with Crippen LogP contribution >= 0.6 is 0 Å². The highest BCUT2D eigenvalue weighted by atomic mass is 16.5. The second kappa shape index (κ2) is 5.37. The summed E-state index contributed by atoms with van der Waals surface area (Å²) in [6, 6.07) is 17.3. The lowest BCUT2D eigenvalue weighted by atomic mass is 9.77. The Balaban J connectivity index is 1.49. The first-order valence-electron chi connectivity index (χ1n) is 8.66. The maximum absolute atomic E-state index is 13.0. The minimum atomic E-state index is -1.05. The van der Waals surface area contributed by atoms with Crippen molar-refractivity contribution < 1.29 is 19.4 Å². The molecule has 3 aliphatic rings. The van der Waals surface area contributed by atoms with Crippen LogP contribution in [-0.4, -0.2) is 35.2 Å². The van der Waals surface area contributed by atoms with Crippen LogP contribution in [0.25, 0.3) is 11.1 Å². The molecule has 4 atom stereocenters. The molecule has 1 N–H and O–H groups in total. The molecule has 0 radical (unpaired) electrons. The Kier molecular flexibility index (Phi) is 3.20. The van der Waals surface area contributed by atoms with E-state index in [0.29, 0.717) is 5.69 Å². The average Bonchev–Trinajstić information content (AvgIpc) is 3.33. The number of aliphatic hydroxyl groups is 1. The zero-order chi connectivity index (χ0) is 17.9. The van der Waals surface area contributed by atoms with E-state index >= 15 is 0 Å². The van der Waals surface area contributed by atoms with Gasteiger partial charge in [-0.25, -0.2) is 4.90 Å². The van der Waals surface area contributed by atoms with Gasteiger partial charge in [-0.1, -0.05) is 54.6 Å². The third kappa shape index (κ3) is 1.92. The number of rotatable bonds is 3. The van der Waals surface area contributed by atoms with Crippen LogP contribution in [0.5, 0.6) is 0 Å². The maximum atomic E-state index is 13.0. The van der Waals surface area contributed by atoms with E-state index < -0.39 is 23.5 Å². The molecule has 3 aliphatic heterocycles. The van der Waals surface area contributed by atoms with Gasteiger partial charge in [0.25, 0.3) is 0 Å². The zero-order valence-corrected chi connectivity index (χ0v) is 13.9. The first-order valence-corrected chi connectivity index (χ1v) is 8.66. The summed E-state index contributed by atoms with van der Waals surface area (Å²) in [6.07, 6.45) is 3.08. The molecule has 5 nitrogen and oxygen atoms in total. The molecule has 5 rings (SSSR count). The number of ether oxygens (including phenoxy) is 1. The van der Waals surface area contributed by atoms with E-state index in [2.05, 4.69) is 0 Å². The number of amides is 2. The lowest BCUT2D eigenvalue weighted by molar-refractivity contribution is -0.128. The molecule has 2 bridgehead atoms. The Morgan fingerprint density at radius 2 is 1.65 bits per heavy atom. The van der Waals surface area contributed by atoms with Crippen molar-refractivity contribution >= 4 is 17.5 Å². The summed E-state index contributed by atoms with van der Waals surface area (Å²) in [5.74, 6) is -1.75. The Hall–Kier alpha value is -2.76. The first kappa shape index (κ1) is 15.5. The summed E-state index contributed by atoms with van der Waals surface area (Å²) < 4.78 is 5.75. The largest absolute Gasteiger partial charge is 0.393 e. The molecule has 2 saturated heterocycles. The van der Waals surface area contributed by atoms with Gasteiger partial charge in [0.05, 0.1) is 30.2 Å². The number of carbonyl (C=O) groups is 2. The average molecular weight is 347 g/mol. The van der Waals surface area contributed by atoms with Crippen LogP contribution in [-0.2, 0) is 14.3 Å². The fourth-order valence-corrected chi connectivity index (χ4v) is 4.37. The van der Waals surface area contributed by atoms with Gasteiger partial charge in [0.2, 0.25) is 11.8 Å². The molecule has 0 saturated carbocycles. The van der Waals surface area contributed by atoms with Gasteiger partial charge in [-0.05, 0) is 23.3 Å². The van der Waals surface area contributed by atoms with Crippen molar-refractivity contribution in [3.05, 3.63) is 66.7 Å². The summed E-state index contributed by atoms with van der Waals surface area (Å²) in [5, 5.41) is 9.76. The highest BCUT2D eigenvalue weighted by Crippen LogP contribution is 2.52. The summed E-state index contributed by atoms with van der Waals surface area (Å²) >= 11 is 0. The quantitative estimate of drug-likeness (QED) is 0.682. The predicted octanol–water partition coefficient (Wildman–Crippen LogP) is 2.16. The Morgan fingerprint density at radius 3 is 2.35 bits per heavy atom. The SMILES string of the molecule is O=C1[C@H]2[C@@H](C(=O)N1c1ccc(-c3ccccc3)cc1)[C@@]1(CO)C=C[C@H]2O1. The molecule has 2 aromatic rings. The van der Waals surface area contributed by atoms with Gasteiger partial charge in [-0.15, -0.1) is 0 Å². The van der Waals surface area contributed by atoms with Crippen LogP contribution in [0.1, 0.15) is 0 Å². The molecule has 0 aliphatic carbocycles. The van der Waals surface area contributed by atoms with E-state index in [1.54, 1.807) is 24.3 Å². The van der Waals surface area contributed by atoms with Gasteiger partial charge in [0.1, 0.15) is 5.60 Å². The number of benzene rings is 2. The lowest BCUT2D eigenvalue weighted by Gasteiger charge is -2.26. The molecular weight excluding hydrogens is 330 g/mol. The fourth-order valence-electron chi connectivity index (χ4n) is 4.37.